The Kier molecular flexibility index (Phi) is 4.02. The van der Waals surface area contributed by atoms with Crippen molar-refractivity contribution in [2.45, 2.75) is 13.3 Å². The van der Waals surface area contributed by atoms with E-state index in [2.05, 4.69) is 15.3 Å². The number of anilines is 1. The van der Waals surface area contributed by atoms with E-state index in [9.17, 15) is 14.9 Å². The highest BCUT2D eigenvalue weighted by Crippen LogP contribution is 2.18. The van der Waals surface area contributed by atoms with E-state index in [-0.39, 0.29) is 5.82 Å². The SMILES string of the molecule is Cc1nc(CCNc2nc3ccccn3c(=O)c2[N+](=O)[O-])cs1. The van der Waals surface area contributed by atoms with Gasteiger partial charge < -0.3 is 5.32 Å². The maximum atomic E-state index is 12.3. The minimum atomic E-state index is -0.704. The molecule has 0 spiro atoms. The van der Waals surface area contributed by atoms with Crippen LogP contribution in [0.4, 0.5) is 11.5 Å². The van der Waals surface area contributed by atoms with Crippen LogP contribution in [0.1, 0.15) is 10.7 Å². The Hall–Kier alpha value is -2.81. The summed E-state index contributed by atoms with van der Waals surface area (Å²) >= 11 is 1.55. The number of aryl methyl sites for hydroxylation is 1. The quantitative estimate of drug-likeness (QED) is 0.567. The molecule has 0 saturated carbocycles. The van der Waals surface area contributed by atoms with Gasteiger partial charge in [0.05, 0.1) is 15.6 Å². The van der Waals surface area contributed by atoms with Gasteiger partial charge in [0.25, 0.3) is 0 Å². The van der Waals surface area contributed by atoms with Crippen molar-refractivity contribution in [3.05, 3.63) is 60.9 Å². The zero-order chi connectivity index (χ0) is 16.4. The predicted molar refractivity (Wildman–Crippen MR) is 87.2 cm³/mol. The Bertz CT molecular complexity index is 934. The molecule has 0 atom stereocenters. The summed E-state index contributed by atoms with van der Waals surface area (Å²) in [7, 11) is 0. The molecule has 0 aliphatic rings. The van der Waals surface area contributed by atoms with Gasteiger partial charge in [-0.2, -0.15) is 0 Å². The maximum absolute atomic E-state index is 12.3. The molecule has 0 bridgehead atoms. The molecule has 0 saturated heterocycles. The van der Waals surface area contributed by atoms with E-state index in [1.807, 2.05) is 12.3 Å². The summed E-state index contributed by atoms with van der Waals surface area (Å²) in [6.07, 6.45) is 2.05. The number of aromatic nitrogens is 3. The number of hydrogen-bond acceptors (Lipinski definition) is 7. The molecule has 0 aliphatic carbocycles. The van der Waals surface area contributed by atoms with Gasteiger partial charge in [-0.15, -0.1) is 11.3 Å². The van der Waals surface area contributed by atoms with Crippen LogP contribution < -0.4 is 10.9 Å². The molecular formula is C14H13N5O3S. The third-order valence-electron chi connectivity index (χ3n) is 3.23. The van der Waals surface area contributed by atoms with E-state index in [1.54, 1.807) is 29.5 Å². The molecule has 3 aromatic heterocycles. The molecule has 0 radical (unpaired) electrons. The van der Waals surface area contributed by atoms with Gasteiger partial charge in [-0.3, -0.25) is 19.3 Å². The van der Waals surface area contributed by atoms with Gasteiger partial charge in [0.15, 0.2) is 0 Å². The van der Waals surface area contributed by atoms with Crippen molar-refractivity contribution in [3.8, 4) is 0 Å². The maximum Gasteiger partial charge on any atom is 0.376 e. The predicted octanol–water partition coefficient (Wildman–Crippen LogP) is 2.02. The number of pyridine rings is 1. The highest BCUT2D eigenvalue weighted by molar-refractivity contribution is 7.09. The van der Waals surface area contributed by atoms with Gasteiger partial charge in [-0.25, -0.2) is 9.97 Å². The minimum Gasteiger partial charge on any atom is -0.364 e. The highest BCUT2D eigenvalue weighted by Gasteiger charge is 2.23. The second-order valence-corrected chi connectivity index (χ2v) is 5.90. The van der Waals surface area contributed by atoms with Crippen molar-refractivity contribution >= 4 is 28.5 Å². The van der Waals surface area contributed by atoms with E-state index in [4.69, 9.17) is 0 Å². The normalized spacial score (nSPS) is 10.8. The van der Waals surface area contributed by atoms with Crippen molar-refractivity contribution in [3.63, 3.8) is 0 Å². The summed E-state index contributed by atoms with van der Waals surface area (Å²) in [6, 6.07) is 4.97. The molecule has 8 nitrogen and oxygen atoms in total. The highest BCUT2D eigenvalue weighted by atomic mass is 32.1. The van der Waals surface area contributed by atoms with Crippen LogP contribution in [0, 0.1) is 17.0 Å². The number of nitro groups is 1. The summed E-state index contributed by atoms with van der Waals surface area (Å²) in [5.74, 6) is -0.0156. The summed E-state index contributed by atoms with van der Waals surface area (Å²) < 4.78 is 1.16. The molecular weight excluding hydrogens is 318 g/mol. The number of hydrogen-bond donors (Lipinski definition) is 1. The molecule has 9 heteroatoms. The minimum absolute atomic E-state index is 0.0156. The van der Waals surface area contributed by atoms with Gasteiger partial charge >= 0.3 is 11.2 Å². The van der Waals surface area contributed by atoms with Gasteiger partial charge in [-0.05, 0) is 19.1 Å². The molecule has 3 rings (SSSR count). The number of nitrogens with zero attached hydrogens (tertiary/aromatic N) is 4. The summed E-state index contributed by atoms with van der Waals surface area (Å²) in [5, 5.41) is 17.0. The second-order valence-electron chi connectivity index (χ2n) is 4.83. The lowest BCUT2D eigenvalue weighted by Crippen LogP contribution is -2.21. The van der Waals surface area contributed by atoms with Crippen LogP contribution in [0.25, 0.3) is 5.65 Å². The lowest BCUT2D eigenvalue weighted by Gasteiger charge is -2.07. The Morgan fingerprint density at radius 3 is 2.91 bits per heavy atom. The van der Waals surface area contributed by atoms with Gasteiger partial charge in [-0.1, -0.05) is 6.07 Å². The van der Waals surface area contributed by atoms with Crippen molar-refractivity contribution in [2.24, 2.45) is 0 Å². The van der Waals surface area contributed by atoms with Crippen LogP contribution >= 0.6 is 11.3 Å². The van der Waals surface area contributed by atoms with Gasteiger partial charge in [0.2, 0.25) is 5.82 Å². The lowest BCUT2D eigenvalue weighted by atomic mass is 10.3. The van der Waals surface area contributed by atoms with E-state index < -0.39 is 16.2 Å². The third kappa shape index (κ3) is 3.04. The van der Waals surface area contributed by atoms with Crippen LogP contribution in [-0.4, -0.2) is 25.8 Å². The standard InChI is InChI=1S/C14H13N5O3S/c1-9-16-10(8-23-9)5-6-15-13-12(19(21)22)14(20)18-7-3-2-4-11(18)17-13/h2-4,7-8,15H,5-6H2,1H3. The summed E-state index contributed by atoms with van der Waals surface area (Å²) in [4.78, 5) is 31.3. The Balaban J connectivity index is 1.91. The lowest BCUT2D eigenvalue weighted by molar-refractivity contribution is -0.385. The molecule has 3 aromatic rings. The zero-order valence-electron chi connectivity index (χ0n) is 12.2. The Morgan fingerprint density at radius 2 is 2.22 bits per heavy atom. The summed E-state index contributed by atoms with van der Waals surface area (Å²) in [5.41, 5.74) is 0.00558. The fourth-order valence-corrected chi connectivity index (χ4v) is 2.85. The Morgan fingerprint density at radius 1 is 1.39 bits per heavy atom. The van der Waals surface area contributed by atoms with Gasteiger partial charge in [0, 0.05) is 24.5 Å². The van der Waals surface area contributed by atoms with E-state index >= 15 is 0 Å². The fraction of sp³-hybridized carbons (Fsp3) is 0.214. The smallest absolute Gasteiger partial charge is 0.364 e. The van der Waals surface area contributed by atoms with E-state index in [0.717, 1.165) is 15.1 Å². The average molecular weight is 331 g/mol. The van der Waals surface area contributed by atoms with Crippen LogP contribution in [-0.2, 0) is 6.42 Å². The first kappa shape index (κ1) is 15.1. The topological polar surface area (TPSA) is 102 Å². The molecule has 118 valence electrons. The zero-order valence-corrected chi connectivity index (χ0v) is 13.0. The molecule has 23 heavy (non-hydrogen) atoms. The number of nitrogens with one attached hydrogen (secondary N) is 1. The molecule has 0 unspecified atom stereocenters. The fourth-order valence-electron chi connectivity index (χ4n) is 2.20. The number of thiazole rings is 1. The van der Waals surface area contributed by atoms with Crippen LogP contribution in [0.2, 0.25) is 0 Å². The third-order valence-corrected chi connectivity index (χ3v) is 4.06. The molecule has 1 N–H and O–H groups in total. The largest absolute Gasteiger partial charge is 0.376 e. The van der Waals surface area contributed by atoms with E-state index in [0.29, 0.717) is 18.6 Å². The Labute approximate surface area is 134 Å². The summed E-state index contributed by atoms with van der Waals surface area (Å²) in [6.45, 7) is 2.32. The van der Waals surface area contributed by atoms with Crippen LogP contribution in [0.3, 0.4) is 0 Å². The molecule has 0 amide bonds. The second kappa shape index (κ2) is 6.13. The molecule has 0 aliphatic heterocycles. The molecule has 0 fully saturated rings. The average Bonchev–Trinajstić information content (AvgIpc) is 2.92. The van der Waals surface area contributed by atoms with Crippen LogP contribution in [0.15, 0.2) is 34.6 Å². The van der Waals surface area contributed by atoms with Crippen molar-refractivity contribution in [1.82, 2.24) is 14.4 Å². The number of fused-ring (bicyclic) bond motifs is 1. The van der Waals surface area contributed by atoms with Crippen molar-refractivity contribution in [2.75, 3.05) is 11.9 Å². The van der Waals surface area contributed by atoms with E-state index in [1.165, 1.54) is 6.20 Å². The number of rotatable bonds is 5. The van der Waals surface area contributed by atoms with Crippen molar-refractivity contribution in [1.29, 1.82) is 0 Å². The van der Waals surface area contributed by atoms with Crippen molar-refractivity contribution < 1.29 is 4.92 Å². The first-order valence-corrected chi connectivity index (χ1v) is 7.75. The first-order chi connectivity index (χ1) is 11.1. The molecule has 0 aromatic carbocycles. The monoisotopic (exact) mass is 331 g/mol. The van der Waals surface area contributed by atoms with Crippen LogP contribution in [0.5, 0.6) is 0 Å². The molecule has 3 heterocycles. The van der Waals surface area contributed by atoms with Gasteiger partial charge in [0.1, 0.15) is 5.65 Å². The first-order valence-electron chi connectivity index (χ1n) is 6.87.